The van der Waals surface area contributed by atoms with Gasteiger partial charge in [0.1, 0.15) is 6.29 Å². The Hall–Kier alpha value is -2.22. The molecule has 3 unspecified atom stereocenters. The molecule has 0 radical (unpaired) electrons. The lowest BCUT2D eigenvalue weighted by atomic mass is 9.86. The van der Waals surface area contributed by atoms with Gasteiger partial charge in [-0.1, -0.05) is 88.0 Å². The van der Waals surface area contributed by atoms with Crippen LogP contribution in [0.5, 0.6) is 0 Å². The number of thiol groups is 1. The van der Waals surface area contributed by atoms with Gasteiger partial charge in [-0.2, -0.15) is 0 Å². The number of carbonyl (C=O) groups is 5. The topological polar surface area (TPSA) is 152 Å². The van der Waals surface area contributed by atoms with Gasteiger partial charge in [0, 0.05) is 32.7 Å². The lowest BCUT2D eigenvalue weighted by molar-refractivity contribution is -0.139. The maximum atomic E-state index is 12.2. The summed E-state index contributed by atoms with van der Waals surface area (Å²) in [4.78, 5) is 59.8. The monoisotopic (exact) mass is 673 g/mol. The van der Waals surface area contributed by atoms with E-state index in [1.165, 1.54) is 26.8 Å². The SMILES string of the molecule is CC.CC1CC1.CN(S)CCNC[C@@H](NC(=O)NC(C=O)C(C)(C)C)C(C)(C)C.CNC(=O)C(=O)C(C)NC(=O)C1CCCN1C. The van der Waals surface area contributed by atoms with Gasteiger partial charge in [0.25, 0.3) is 5.91 Å². The van der Waals surface area contributed by atoms with Gasteiger partial charge in [0.2, 0.25) is 11.7 Å². The maximum absolute atomic E-state index is 12.2. The predicted molar refractivity (Wildman–Crippen MR) is 191 cm³/mol. The van der Waals surface area contributed by atoms with Crippen LogP contribution in [0.1, 0.15) is 94.9 Å². The summed E-state index contributed by atoms with van der Waals surface area (Å²) in [6, 6.07) is -1.86. The van der Waals surface area contributed by atoms with Crippen LogP contribution in [-0.2, 0) is 19.2 Å². The molecule has 270 valence electrons. The summed E-state index contributed by atoms with van der Waals surface area (Å²) < 4.78 is 1.80. The van der Waals surface area contributed by atoms with Gasteiger partial charge in [-0.15, -0.1) is 0 Å². The smallest absolute Gasteiger partial charge is 0.315 e. The van der Waals surface area contributed by atoms with E-state index in [9.17, 15) is 24.0 Å². The van der Waals surface area contributed by atoms with Crippen molar-refractivity contribution < 1.29 is 24.0 Å². The molecule has 13 heteroatoms. The van der Waals surface area contributed by atoms with Gasteiger partial charge in [-0.25, -0.2) is 4.79 Å². The minimum Gasteiger partial charge on any atom is -0.353 e. The van der Waals surface area contributed by atoms with Crippen molar-refractivity contribution in [2.24, 2.45) is 16.7 Å². The van der Waals surface area contributed by atoms with Crippen molar-refractivity contribution in [3.05, 3.63) is 0 Å². The first-order chi connectivity index (χ1) is 21.2. The number of ketones is 1. The van der Waals surface area contributed by atoms with Crippen molar-refractivity contribution in [3.63, 3.8) is 0 Å². The molecule has 1 saturated heterocycles. The molecule has 0 aromatic rings. The molecule has 2 aliphatic rings. The van der Waals surface area contributed by atoms with Gasteiger partial charge < -0.3 is 31.4 Å². The highest BCUT2D eigenvalue weighted by Gasteiger charge is 2.31. The zero-order chi connectivity index (χ0) is 36.3. The average molecular weight is 674 g/mol. The van der Waals surface area contributed by atoms with Crippen LogP contribution in [0.3, 0.4) is 0 Å². The molecule has 4 atom stereocenters. The summed E-state index contributed by atoms with van der Waals surface area (Å²) in [5, 5.41) is 13.9. The van der Waals surface area contributed by atoms with Crippen LogP contribution in [0.15, 0.2) is 0 Å². The highest BCUT2D eigenvalue weighted by molar-refractivity contribution is 7.77. The van der Waals surface area contributed by atoms with Gasteiger partial charge in [-0.3, -0.25) is 23.6 Å². The van der Waals surface area contributed by atoms with Crippen molar-refractivity contribution in [1.29, 1.82) is 0 Å². The molecule has 1 aliphatic carbocycles. The van der Waals surface area contributed by atoms with Gasteiger partial charge in [-0.05, 0) is 57.2 Å². The molecule has 0 bridgehead atoms. The Labute approximate surface area is 285 Å². The Bertz CT molecular complexity index is 917. The van der Waals surface area contributed by atoms with E-state index in [4.69, 9.17) is 0 Å². The van der Waals surface area contributed by atoms with E-state index in [2.05, 4.69) is 67.1 Å². The number of carbonyl (C=O) groups excluding carboxylic acids is 5. The molecule has 2 rings (SSSR count). The van der Waals surface area contributed by atoms with E-state index in [0.717, 1.165) is 44.7 Å². The largest absolute Gasteiger partial charge is 0.353 e. The van der Waals surface area contributed by atoms with Crippen LogP contribution in [-0.4, -0.2) is 111 Å². The third-order valence-corrected chi connectivity index (χ3v) is 7.76. The fourth-order valence-electron chi connectivity index (χ4n) is 3.96. The number of rotatable bonds is 12. The zero-order valence-corrected chi connectivity index (χ0v) is 31.9. The van der Waals surface area contributed by atoms with E-state index >= 15 is 0 Å². The van der Waals surface area contributed by atoms with E-state index in [1.54, 1.807) is 4.31 Å². The third kappa shape index (κ3) is 20.8. The lowest BCUT2D eigenvalue weighted by Gasteiger charge is -2.33. The summed E-state index contributed by atoms with van der Waals surface area (Å²) in [7, 11) is 5.16. The van der Waals surface area contributed by atoms with Crippen LogP contribution in [0, 0.1) is 16.7 Å². The number of hydrogen-bond acceptors (Lipinski definition) is 9. The normalized spacial score (nSPS) is 18.1. The standard InChI is InChI=1S/C16H34N4O2S.C11H19N3O3.C4H8.C2H6/c1-15(2,3)12(10-17-8-9-20(7)23)18-14(22)19-13(11-21)16(4,5)6;1-7(9(15)11(17)12-2)13-10(16)8-5-4-6-14(8)3;1-4-2-3-4;1-2/h11-13,17,23H,8-10H2,1-7H3,(H2,18,19,22);7-8H,4-6H2,1-3H3,(H,12,17)(H,13,16);4H,2-3H2,1H3;1-2H3/t12-,13?;;;/m1.../s1. The molecule has 2 fully saturated rings. The van der Waals surface area contributed by atoms with Crippen molar-refractivity contribution in [3.8, 4) is 0 Å². The van der Waals surface area contributed by atoms with Crippen molar-refractivity contribution in [1.82, 2.24) is 35.8 Å². The van der Waals surface area contributed by atoms with Crippen molar-refractivity contribution in [2.75, 3.05) is 47.3 Å². The Morgan fingerprint density at radius 3 is 1.89 bits per heavy atom. The number of amides is 4. The Balaban J connectivity index is 0. The number of hydrogen-bond donors (Lipinski definition) is 6. The molecule has 0 aromatic carbocycles. The van der Waals surface area contributed by atoms with E-state index in [0.29, 0.717) is 6.54 Å². The Kier molecular flexibility index (Phi) is 23.1. The molecule has 12 nitrogen and oxygen atoms in total. The number of nitrogens with one attached hydrogen (secondary N) is 5. The first kappa shape index (κ1) is 45.9. The van der Waals surface area contributed by atoms with Crippen LogP contribution >= 0.6 is 12.8 Å². The highest BCUT2D eigenvalue weighted by Crippen LogP contribution is 2.26. The number of likely N-dealkylation sites (tertiary alicyclic amines) is 1. The molecule has 0 aromatic heterocycles. The number of Topliss-reactive ketones (excluding diaryl/α,β-unsaturated/α-hetero) is 1. The molecule has 4 amide bonds. The summed E-state index contributed by atoms with van der Waals surface area (Å²) in [6.45, 7) is 22.9. The number of nitrogens with zero attached hydrogens (tertiary/aromatic N) is 2. The first-order valence-electron chi connectivity index (χ1n) is 16.6. The molecule has 1 saturated carbocycles. The van der Waals surface area contributed by atoms with Crippen LogP contribution < -0.4 is 26.6 Å². The quantitative estimate of drug-likeness (QED) is 0.0801. The molecule has 5 N–H and O–H groups in total. The van der Waals surface area contributed by atoms with Crippen LogP contribution in [0.2, 0.25) is 0 Å². The molecular weight excluding hydrogens is 606 g/mol. The van der Waals surface area contributed by atoms with Gasteiger partial charge in [0.05, 0.1) is 18.1 Å². The maximum Gasteiger partial charge on any atom is 0.315 e. The third-order valence-electron chi connectivity index (χ3n) is 7.56. The molecule has 1 aliphatic heterocycles. The minimum atomic E-state index is -0.781. The summed E-state index contributed by atoms with van der Waals surface area (Å²) in [5.41, 5.74) is -0.415. The van der Waals surface area contributed by atoms with Gasteiger partial charge >= 0.3 is 6.03 Å². The molecular formula is C33H67N7O5S. The highest BCUT2D eigenvalue weighted by atomic mass is 32.1. The molecule has 46 heavy (non-hydrogen) atoms. The zero-order valence-electron chi connectivity index (χ0n) is 31.0. The fourth-order valence-corrected chi connectivity index (χ4v) is 4.06. The van der Waals surface area contributed by atoms with Crippen molar-refractivity contribution in [2.45, 2.75) is 119 Å². The second-order valence-electron chi connectivity index (χ2n) is 14.1. The first-order valence-corrected chi connectivity index (χ1v) is 17.0. The van der Waals surface area contributed by atoms with E-state index in [-0.39, 0.29) is 34.9 Å². The number of urea groups is 1. The van der Waals surface area contributed by atoms with Crippen LogP contribution in [0.25, 0.3) is 0 Å². The van der Waals surface area contributed by atoms with E-state index in [1.807, 2.05) is 53.6 Å². The van der Waals surface area contributed by atoms with E-state index < -0.39 is 23.8 Å². The molecule has 1 heterocycles. The number of likely N-dealkylation sites (N-methyl/N-ethyl adjacent to an activating group) is 3. The fraction of sp³-hybridized carbons (Fsp3) is 0.848. The van der Waals surface area contributed by atoms with Crippen LogP contribution in [0.4, 0.5) is 4.79 Å². The summed E-state index contributed by atoms with van der Waals surface area (Å²) in [5.74, 6) is -0.408. The Morgan fingerprint density at radius 1 is 0.978 bits per heavy atom. The minimum absolute atomic E-state index is 0.0556. The molecule has 0 spiro atoms. The number of aldehydes is 1. The lowest BCUT2D eigenvalue weighted by Crippen LogP contribution is -2.56. The second-order valence-corrected chi connectivity index (χ2v) is 14.8. The summed E-state index contributed by atoms with van der Waals surface area (Å²) in [6.07, 6.45) is 5.53. The average Bonchev–Trinajstić information content (AvgIpc) is 3.63. The van der Waals surface area contributed by atoms with Crippen molar-refractivity contribution >= 4 is 42.7 Å². The Morgan fingerprint density at radius 2 is 1.52 bits per heavy atom. The predicted octanol–water partition coefficient (Wildman–Crippen LogP) is 3.02. The summed E-state index contributed by atoms with van der Waals surface area (Å²) >= 11 is 4.19. The second kappa shape index (κ2) is 23.2. The van der Waals surface area contributed by atoms with Gasteiger partial charge in [0.15, 0.2) is 0 Å².